The zero-order valence-corrected chi connectivity index (χ0v) is 10.4. The van der Waals surface area contributed by atoms with Crippen LogP contribution in [0.25, 0.3) is 0 Å². The van der Waals surface area contributed by atoms with E-state index in [2.05, 4.69) is 13.8 Å². The van der Waals surface area contributed by atoms with Gasteiger partial charge in [-0.2, -0.15) is 0 Å². The number of anilines is 1. The molecular weight excluding hydrogens is 182 g/mol. The van der Waals surface area contributed by atoms with Crippen LogP contribution < -0.4 is 5.73 Å². The molecule has 0 atom stereocenters. The molecule has 1 aromatic carbocycles. The van der Waals surface area contributed by atoms with Gasteiger partial charge in [-0.25, -0.2) is 0 Å². The largest absolute Gasteiger partial charge is 0.399 e. The molecule has 1 nitrogen and oxygen atoms in total. The van der Waals surface area contributed by atoms with Gasteiger partial charge in [-0.1, -0.05) is 58.1 Å². The number of aryl methyl sites for hydroxylation is 1. The lowest BCUT2D eigenvalue weighted by atomic mass is 10.2. The van der Waals surface area contributed by atoms with Crippen LogP contribution in [0, 0.1) is 6.92 Å². The Labute approximate surface area is 94.7 Å². The molecule has 0 radical (unpaired) electrons. The fourth-order valence-corrected chi connectivity index (χ4v) is 1.35. The number of nitrogens with two attached hydrogens (primary N) is 1. The molecule has 0 aliphatic heterocycles. The zero-order valence-electron chi connectivity index (χ0n) is 10.4. The van der Waals surface area contributed by atoms with Crippen LogP contribution in [-0.4, -0.2) is 0 Å². The van der Waals surface area contributed by atoms with Crippen molar-refractivity contribution < 1.29 is 0 Å². The Morgan fingerprint density at radius 1 is 1.00 bits per heavy atom. The predicted molar refractivity (Wildman–Crippen MR) is 70.0 cm³/mol. The standard InChI is InChI=1S/C7H9N.C7H16/c1-6-3-2-4-7(8)5-6;1-3-5-7-6-4-2/h2-5H,8H2,1H3;3-7H2,1-2H3. The van der Waals surface area contributed by atoms with Crippen LogP contribution in [0.2, 0.25) is 0 Å². The fourth-order valence-electron chi connectivity index (χ4n) is 1.35. The van der Waals surface area contributed by atoms with Gasteiger partial charge in [-0.3, -0.25) is 0 Å². The lowest BCUT2D eigenvalue weighted by Gasteiger charge is -1.91. The van der Waals surface area contributed by atoms with Crippen LogP contribution in [-0.2, 0) is 0 Å². The van der Waals surface area contributed by atoms with Gasteiger partial charge in [0.15, 0.2) is 0 Å². The predicted octanol–water partition coefficient (Wildman–Crippen LogP) is 4.55. The molecule has 1 heteroatoms. The van der Waals surface area contributed by atoms with Crippen molar-refractivity contribution in [1.82, 2.24) is 0 Å². The van der Waals surface area contributed by atoms with Crippen molar-refractivity contribution in [3.63, 3.8) is 0 Å². The smallest absolute Gasteiger partial charge is 0.0316 e. The first-order chi connectivity index (χ1) is 7.20. The molecule has 15 heavy (non-hydrogen) atoms. The van der Waals surface area contributed by atoms with E-state index in [9.17, 15) is 0 Å². The van der Waals surface area contributed by atoms with Crippen molar-refractivity contribution in [2.45, 2.75) is 52.9 Å². The van der Waals surface area contributed by atoms with E-state index >= 15 is 0 Å². The molecule has 1 aromatic rings. The summed E-state index contributed by atoms with van der Waals surface area (Å²) >= 11 is 0. The summed E-state index contributed by atoms with van der Waals surface area (Å²) in [5, 5.41) is 0. The third-order valence-corrected chi connectivity index (χ3v) is 2.25. The molecule has 0 fully saturated rings. The van der Waals surface area contributed by atoms with Crippen LogP contribution in [0.15, 0.2) is 24.3 Å². The lowest BCUT2D eigenvalue weighted by Crippen LogP contribution is -1.82. The van der Waals surface area contributed by atoms with E-state index in [1.165, 1.54) is 37.7 Å². The van der Waals surface area contributed by atoms with Gasteiger partial charge in [0, 0.05) is 5.69 Å². The highest BCUT2D eigenvalue weighted by atomic mass is 14.5. The number of hydrogen-bond donors (Lipinski definition) is 1. The number of unbranched alkanes of at least 4 members (excludes halogenated alkanes) is 4. The van der Waals surface area contributed by atoms with Crippen molar-refractivity contribution in [2.24, 2.45) is 0 Å². The van der Waals surface area contributed by atoms with Gasteiger partial charge in [0.1, 0.15) is 0 Å². The topological polar surface area (TPSA) is 26.0 Å². The van der Waals surface area contributed by atoms with Crippen LogP contribution in [0.1, 0.15) is 51.5 Å². The van der Waals surface area contributed by atoms with Gasteiger partial charge in [0.2, 0.25) is 0 Å². The molecule has 86 valence electrons. The molecule has 0 spiro atoms. The van der Waals surface area contributed by atoms with Crippen LogP contribution in [0.5, 0.6) is 0 Å². The SMILES string of the molecule is CCCCCCC.Cc1cccc(N)c1. The van der Waals surface area contributed by atoms with Gasteiger partial charge in [0.25, 0.3) is 0 Å². The molecule has 0 aromatic heterocycles. The molecule has 1 rings (SSSR count). The first kappa shape index (κ1) is 14.0. The Balaban J connectivity index is 0.000000265. The maximum Gasteiger partial charge on any atom is 0.0316 e. The van der Waals surface area contributed by atoms with Crippen molar-refractivity contribution in [3.8, 4) is 0 Å². The Morgan fingerprint density at radius 2 is 1.60 bits per heavy atom. The molecule has 0 aliphatic carbocycles. The van der Waals surface area contributed by atoms with Gasteiger partial charge in [-0.15, -0.1) is 0 Å². The van der Waals surface area contributed by atoms with E-state index in [0.29, 0.717) is 0 Å². The summed E-state index contributed by atoms with van der Waals surface area (Å²) in [5.74, 6) is 0. The second-order valence-electron chi connectivity index (χ2n) is 3.97. The number of rotatable bonds is 4. The van der Waals surface area contributed by atoms with E-state index < -0.39 is 0 Å². The highest BCUT2D eigenvalue weighted by molar-refractivity contribution is 5.39. The van der Waals surface area contributed by atoms with Crippen molar-refractivity contribution in [2.75, 3.05) is 5.73 Å². The number of hydrogen-bond acceptors (Lipinski definition) is 1. The molecule has 0 amide bonds. The molecule has 0 aliphatic rings. The third kappa shape index (κ3) is 9.33. The van der Waals surface area contributed by atoms with Gasteiger partial charge in [0.05, 0.1) is 0 Å². The fraction of sp³-hybridized carbons (Fsp3) is 0.571. The second kappa shape index (κ2) is 9.57. The Kier molecular flexibility index (Phi) is 8.95. The van der Waals surface area contributed by atoms with Gasteiger partial charge < -0.3 is 5.73 Å². The molecule has 2 N–H and O–H groups in total. The van der Waals surface area contributed by atoms with Gasteiger partial charge in [-0.05, 0) is 24.6 Å². The van der Waals surface area contributed by atoms with Crippen LogP contribution >= 0.6 is 0 Å². The maximum atomic E-state index is 5.46. The van der Waals surface area contributed by atoms with Gasteiger partial charge >= 0.3 is 0 Å². The number of nitrogen functional groups attached to an aromatic ring is 1. The summed E-state index contributed by atoms with van der Waals surface area (Å²) in [6.45, 7) is 6.52. The molecule has 0 saturated heterocycles. The van der Waals surface area contributed by atoms with E-state index in [4.69, 9.17) is 5.73 Å². The van der Waals surface area contributed by atoms with E-state index in [1.807, 2.05) is 31.2 Å². The molecular formula is C14H25N. The quantitative estimate of drug-likeness (QED) is 0.568. The molecule has 0 heterocycles. The Bertz CT molecular complexity index is 222. The first-order valence-electron chi connectivity index (χ1n) is 6.02. The first-order valence-corrected chi connectivity index (χ1v) is 6.02. The van der Waals surface area contributed by atoms with Crippen molar-refractivity contribution in [3.05, 3.63) is 29.8 Å². The number of benzene rings is 1. The molecule has 0 unspecified atom stereocenters. The summed E-state index contributed by atoms with van der Waals surface area (Å²) in [6.07, 6.45) is 7.01. The van der Waals surface area contributed by atoms with Crippen LogP contribution in [0.3, 0.4) is 0 Å². The summed E-state index contributed by atoms with van der Waals surface area (Å²) in [5.41, 5.74) is 7.51. The average Bonchev–Trinajstić information content (AvgIpc) is 2.19. The summed E-state index contributed by atoms with van der Waals surface area (Å²) in [4.78, 5) is 0. The summed E-state index contributed by atoms with van der Waals surface area (Å²) < 4.78 is 0. The minimum atomic E-state index is 0.838. The Hall–Kier alpha value is -0.980. The minimum absolute atomic E-state index is 0.838. The third-order valence-electron chi connectivity index (χ3n) is 2.25. The highest BCUT2D eigenvalue weighted by Crippen LogP contribution is 2.03. The second-order valence-corrected chi connectivity index (χ2v) is 3.97. The van der Waals surface area contributed by atoms with Crippen molar-refractivity contribution >= 4 is 5.69 Å². The van der Waals surface area contributed by atoms with E-state index in [-0.39, 0.29) is 0 Å². The maximum absolute atomic E-state index is 5.46. The Morgan fingerprint density at radius 3 is 1.93 bits per heavy atom. The summed E-state index contributed by atoms with van der Waals surface area (Å²) in [7, 11) is 0. The normalized spacial score (nSPS) is 9.27. The highest BCUT2D eigenvalue weighted by Gasteiger charge is 1.81. The molecule has 0 bridgehead atoms. The monoisotopic (exact) mass is 207 g/mol. The average molecular weight is 207 g/mol. The zero-order chi connectivity index (χ0) is 11.5. The van der Waals surface area contributed by atoms with E-state index in [0.717, 1.165) is 5.69 Å². The minimum Gasteiger partial charge on any atom is -0.399 e. The van der Waals surface area contributed by atoms with Crippen LogP contribution in [0.4, 0.5) is 5.69 Å². The summed E-state index contributed by atoms with van der Waals surface area (Å²) in [6, 6.07) is 7.80. The molecule has 0 saturated carbocycles. The lowest BCUT2D eigenvalue weighted by molar-refractivity contribution is 0.656. The van der Waals surface area contributed by atoms with Crippen molar-refractivity contribution in [1.29, 1.82) is 0 Å². The van der Waals surface area contributed by atoms with E-state index in [1.54, 1.807) is 0 Å².